The average Bonchev–Trinajstić information content (AvgIpc) is 2.42. The first kappa shape index (κ1) is 9.89. The molecule has 1 aliphatic heterocycles. The van der Waals surface area contributed by atoms with Crippen LogP contribution in [0.2, 0.25) is 4.47 Å². The molecule has 0 saturated carbocycles. The lowest BCUT2D eigenvalue weighted by Crippen LogP contribution is -2.51. The number of aromatic nitrogens is 1. The highest BCUT2D eigenvalue weighted by molar-refractivity contribution is 7.13. The van der Waals surface area contributed by atoms with Gasteiger partial charge >= 0.3 is 0 Å². The molecular formula is C8H10ClN3OS. The van der Waals surface area contributed by atoms with Crippen LogP contribution in [0.5, 0.6) is 0 Å². The number of thiazole rings is 1. The van der Waals surface area contributed by atoms with Gasteiger partial charge < -0.3 is 5.73 Å². The first-order chi connectivity index (χ1) is 6.65. The zero-order chi connectivity index (χ0) is 10.1. The molecule has 1 aliphatic rings. The summed E-state index contributed by atoms with van der Waals surface area (Å²) in [7, 11) is 0. The van der Waals surface area contributed by atoms with E-state index in [2.05, 4.69) is 9.88 Å². The monoisotopic (exact) mass is 231 g/mol. The minimum Gasteiger partial charge on any atom is -0.369 e. The summed E-state index contributed by atoms with van der Waals surface area (Å²) in [5.41, 5.74) is 6.12. The van der Waals surface area contributed by atoms with Crippen LogP contribution in [-0.4, -0.2) is 28.9 Å². The molecule has 76 valence electrons. The van der Waals surface area contributed by atoms with E-state index in [1.54, 1.807) is 0 Å². The Labute approximate surface area is 90.7 Å². The van der Waals surface area contributed by atoms with Crippen molar-refractivity contribution in [1.29, 1.82) is 0 Å². The largest absolute Gasteiger partial charge is 0.369 e. The van der Waals surface area contributed by atoms with Crippen LogP contribution < -0.4 is 5.73 Å². The molecule has 4 nitrogen and oxygen atoms in total. The van der Waals surface area contributed by atoms with Crippen molar-refractivity contribution < 1.29 is 4.79 Å². The molecule has 1 amide bonds. The third-order valence-electron chi connectivity index (χ3n) is 2.27. The molecule has 6 heteroatoms. The van der Waals surface area contributed by atoms with Crippen molar-refractivity contribution >= 4 is 28.8 Å². The second-order valence-electron chi connectivity index (χ2n) is 3.39. The molecule has 0 bridgehead atoms. The third-order valence-corrected chi connectivity index (χ3v) is 3.30. The molecule has 2 heterocycles. The Morgan fingerprint density at radius 2 is 2.50 bits per heavy atom. The van der Waals surface area contributed by atoms with Crippen LogP contribution in [0, 0.1) is 5.92 Å². The molecule has 1 fully saturated rings. The number of amides is 1. The molecule has 0 radical (unpaired) electrons. The highest BCUT2D eigenvalue weighted by Gasteiger charge is 2.30. The molecule has 1 aromatic heterocycles. The Bertz CT molecular complexity index is 348. The number of carbonyl (C=O) groups excluding carboxylic acids is 1. The van der Waals surface area contributed by atoms with E-state index in [0.29, 0.717) is 4.47 Å². The smallest absolute Gasteiger partial charge is 0.223 e. The summed E-state index contributed by atoms with van der Waals surface area (Å²) in [6.45, 7) is 2.24. The number of carbonyl (C=O) groups is 1. The van der Waals surface area contributed by atoms with Gasteiger partial charge in [-0.3, -0.25) is 9.69 Å². The molecule has 0 spiro atoms. The van der Waals surface area contributed by atoms with E-state index in [-0.39, 0.29) is 11.8 Å². The Hall–Kier alpha value is -0.650. The van der Waals surface area contributed by atoms with Crippen molar-refractivity contribution in [2.75, 3.05) is 13.1 Å². The van der Waals surface area contributed by atoms with E-state index in [1.165, 1.54) is 11.3 Å². The normalized spacial score (nSPS) is 18.1. The number of rotatable bonds is 3. The Kier molecular flexibility index (Phi) is 2.71. The van der Waals surface area contributed by atoms with Gasteiger partial charge in [-0.25, -0.2) is 4.98 Å². The van der Waals surface area contributed by atoms with Gasteiger partial charge in [-0.2, -0.15) is 0 Å². The van der Waals surface area contributed by atoms with E-state index in [0.717, 1.165) is 25.3 Å². The van der Waals surface area contributed by atoms with Crippen LogP contribution in [0.1, 0.15) is 5.69 Å². The summed E-state index contributed by atoms with van der Waals surface area (Å²) in [5, 5.41) is 1.93. The highest BCUT2D eigenvalue weighted by Crippen LogP contribution is 2.21. The number of halogens is 1. The number of hydrogen-bond donors (Lipinski definition) is 1. The van der Waals surface area contributed by atoms with Crippen molar-refractivity contribution in [3.8, 4) is 0 Å². The molecule has 1 saturated heterocycles. The van der Waals surface area contributed by atoms with Crippen molar-refractivity contribution in [1.82, 2.24) is 9.88 Å². The molecule has 2 rings (SSSR count). The van der Waals surface area contributed by atoms with Crippen molar-refractivity contribution in [3.63, 3.8) is 0 Å². The van der Waals surface area contributed by atoms with E-state index < -0.39 is 0 Å². The average molecular weight is 232 g/mol. The first-order valence-corrected chi connectivity index (χ1v) is 5.52. The Balaban J connectivity index is 1.82. The molecule has 0 aliphatic carbocycles. The maximum absolute atomic E-state index is 10.7. The lowest BCUT2D eigenvalue weighted by atomic mass is 10.00. The van der Waals surface area contributed by atoms with Crippen molar-refractivity contribution in [2.24, 2.45) is 11.7 Å². The predicted octanol–water partition coefficient (Wildman–Crippen LogP) is 0.714. The molecule has 14 heavy (non-hydrogen) atoms. The van der Waals surface area contributed by atoms with E-state index >= 15 is 0 Å². The molecule has 2 N–H and O–H groups in total. The number of primary amides is 1. The lowest BCUT2D eigenvalue weighted by molar-refractivity contribution is -0.127. The summed E-state index contributed by atoms with van der Waals surface area (Å²) in [6, 6.07) is 0. The summed E-state index contributed by atoms with van der Waals surface area (Å²) in [6.07, 6.45) is 0. The van der Waals surface area contributed by atoms with Gasteiger partial charge in [-0.05, 0) is 0 Å². The lowest BCUT2D eigenvalue weighted by Gasteiger charge is -2.36. The predicted molar refractivity (Wildman–Crippen MR) is 55.1 cm³/mol. The van der Waals surface area contributed by atoms with E-state index in [1.807, 2.05) is 5.38 Å². The minimum absolute atomic E-state index is 0.0177. The zero-order valence-electron chi connectivity index (χ0n) is 7.44. The molecular weight excluding hydrogens is 222 g/mol. The summed E-state index contributed by atoms with van der Waals surface area (Å²) >= 11 is 7.12. The summed E-state index contributed by atoms with van der Waals surface area (Å²) < 4.78 is 0.562. The number of nitrogens with zero attached hydrogens (tertiary/aromatic N) is 2. The minimum atomic E-state index is -0.211. The van der Waals surface area contributed by atoms with Crippen LogP contribution in [0.15, 0.2) is 5.38 Å². The molecule has 0 atom stereocenters. The fourth-order valence-corrected chi connectivity index (χ4v) is 2.24. The quantitative estimate of drug-likeness (QED) is 0.834. The second kappa shape index (κ2) is 3.84. The zero-order valence-corrected chi connectivity index (χ0v) is 9.01. The van der Waals surface area contributed by atoms with Gasteiger partial charge in [0.05, 0.1) is 11.6 Å². The SMILES string of the molecule is NC(=O)C1CN(Cc2csc(Cl)n2)C1. The Morgan fingerprint density at radius 3 is 3.00 bits per heavy atom. The van der Waals surface area contributed by atoms with Gasteiger partial charge in [-0.1, -0.05) is 11.6 Å². The highest BCUT2D eigenvalue weighted by atomic mass is 35.5. The molecule has 0 aromatic carbocycles. The van der Waals surface area contributed by atoms with Gasteiger partial charge in [-0.15, -0.1) is 11.3 Å². The van der Waals surface area contributed by atoms with Crippen LogP contribution in [0.4, 0.5) is 0 Å². The standard InChI is InChI=1S/C8H10ClN3OS/c9-8-11-6(4-14-8)3-12-1-5(2-12)7(10)13/h4-5H,1-3H2,(H2,10,13). The van der Waals surface area contributed by atoms with E-state index in [4.69, 9.17) is 17.3 Å². The van der Waals surface area contributed by atoms with Crippen molar-refractivity contribution in [2.45, 2.75) is 6.54 Å². The van der Waals surface area contributed by atoms with Crippen molar-refractivity contribution in [3.05, 3.63) is 15.5 Å². The summed E-state index contributed by atoms with van der Waals surface area (Å²) in [4.78, 5) is 17.0. The number of likely N-dealkylation sites (tertiary alicyclic amines) is 1. The molecule has 0 unspecified atom stereocenters. The van der Waals surface area contributed by atoms with Crippen LogP contribution in [0.25, 0.3) is 0 Å². The van der Waals surface area contributed by atoms with Gasteiger partial charge in [0.1, 0.15) is 0 Å². The van der Waals surface area contributed by atoms with Crippen LogP contribution >= 0.6 is 22.9 Å². The van der Waals surface area contributed by atoms with Gasteiger partial charge in [0.2, 0.25) is 5.91 Å². The van der Waals surface area contributed by atoms with Gasteiger partial charge in [0.15, 0.2) is 4.47 Å². The van der Waals surface area contributed by atoms with Gasteiger partial charge in [0, 0.05) is 25.0 Å². The summed E-state index contributed by atoms with van der Waals surface area (Å²) in [5.74, 6) is -0.193. The topological polar surface area (TPSA) is 59.2 Å². The maximum atomic E-state index is 10.7. The van der Waals surface area contributed by atoms with Crippen LogP contribution in [0.3, 0.4) is 0 Å². The molecule has 1 aromatic rings. The third kappa shape index (κ3) is 2.05. The number of hydrogen-bond acceptors (Lipinski definition) is 4. The first-order valence-electron chi connectivity index (χ1n) is 4.26. The van der Waals surface area contributed by atoms with E-state index in [9.17, 15) is 4.79 Å². The fourth-order valence-electron chi connectivity index (χ4n) is 1.46. The van der Waals surface area contributed by atoms with Gasteiger partial charge in [0.25, 0.3) is 0 Å². The Morgan fingerprint density at radius 1 is 1.79 bits per heavy atom. The second-order valence-corrected chi connectivity index (χ2v) is 4.83. The van der Waals surface area contributed by atoms with Crippen LogP contribution in [-0.2, 0) is 11.3 Å². The number of nitrogens with two attached hydrogens (primary N) is 1. The maximum Gasteiger partial charge on any atom is 0.223 e. The fraction of sp³-hybridized carbons (Fsp3) is 0.500.